The molecule has 0 atom stereocenters. The van der Waals surface area contributed by atoms with Crippen molar-refractivity contribution >= 4 is 17.3 Å². The zero-order valence-electron chi connectivity index (χ0n) is 11.4. The number of hydrogen-bond donors (Lipinski definition) is 0. The zero-order valence-corrected chi connectivity index (χ0v) is 12.2. The van der Waals surface area contributed by atoms with E-state index in [2.05, 4.69) is 25.9 Å². The molecule has 0 unspecified atom stereocenters. The van der Waals surface area contributed by atoms with Crippen LogP contribution < -0.4 is 9.64 Å². The molecule has 20 heavy (non-hydrogen) atoms. The van der Waals surface area contributed by atoms with Crippen LogP contribution in [-0.2, 0) is 13.0 Å². The molecular formula is C14H15ClN4O. The van der Waals surface area contributed by atoms with Gasteiger partial charge in [-0.1, -0.05) is 11.6 Å². The van der Waals surface area contributed by atoms with Crippen molar-refractivity contribution in [3.8, 4) is 5.88 Å². The van der Waals surface area contributed by atoms with Crippen LogP contribution in [0.3, 0.4) is 0 Å². The van der Waals surface area contributed by atoms with Crippen LogP contribution in [0, 0.1) is 6.92 Å². The Bertz CT molecular complexity index is 647. The van der Waals surface area contributed by atoms with Crippen LogP contribution in [0.25, 0.3) is 0 Å². The standard InChI is InChI=1S/C14H15ClN4O/c1-9-5-10(6-16-14(9)20-2)19-4-3-12-11(7-19)13(15)18-8-17-12/h5-6,8H,3-4,7H2,1-2H3. The fourth-order valence-corrected chi connectivity index (χ4v) is 2.67. The minimum atomic E-state index is 0.540. The molecule has 104 valence electrons. The molecule has 0 aromatic carbocycles. The van der Waals surface area contributed by atoms with Crippen LogP contribution in [0.15, 0.2) is 18.6 Å². The van der Waals surface area contributed by atoms with E-state index in [0.717, 1.165) is 35.5 Å². The van der Waals surface area contributed by atoms with E-state index < -0.39 is 0 Å². The molecule has 0 amide bonds. The van der Waals surface area contributed by atoms with E-state index in [0.29, 0.717) is 17.6 Å². The number of fused-ring (bicyclic) bond motifs is 1. The Morgan fingerprint density at radius 3 is 2.90 bits per heavy atom. The molecular weight excluding hydrogens is 276 g/mol. The molecule has 0 aliphatic carbocycles. The van der Waals surface area contributed by atoms with Crippen molar-refractivity contribution in [1.29, 1.82) is 0 Å². The molecule has 0 spiro atoms. The van der Waals surface area contributed by atoms with Crippen LogP contribution in [0.4, 0.5) is 5.69 Å². The number of pyridine rings is 1. The van der Waals surface area contributed by atoms with Gasteiger partial charge in [0.2, 0.25) is 5.88 Å². The number of anilines is 1. The van der Waals surface area contributed by atoms with Gasteiger partial charge < -0.3 is 9.64 Å². The van der Waals surface area contributed by atoms with Crippen molar-refractivity contribution in [2.45, 2.75) is 19.9 Å². The molecule has 0 radical (unpaired) electrons. The van der Waals surface area contributed by atoms with Gasteiger partial charge in [-0.15, -0.1) is 0 Å². The van der Waals surface area contributed by atoms with Gasteiger partial charge in [0.15, 0.2) is 0 Å². The highest BCUT2D eigenvalue weighted by Crippen LogP contribution is 2.28. The Morgan fingerprint density at radius 2 is 2.15 bits per heavy atom. The molecule has 1 aliphatic rings. The van der Waals surface area contributed by atoms with Crippen LogP contribution >= 0.6 is 11.6 Å². The first-order valence-electron chi connectivity index (χ1n) is 6.43. The van der Waals surface area contributed by atoms with E-state index in [1.54, 1.807) is 7.11 Å². The molecule has 6 heteroatoms. The lowest BCUT2D eigenvalue weighted by atomic mass is 10.1. The number of ether oxygens (including phenoxy) is 1. The Kier molecular flexibility index (Phi) is 3.44. The summed E-state index contributed by atoms with van der Waals surface area (Å²) in [6.07, 6.45) is 4.22. The quantitative estimate of drug-likeness (QED) is 0.795. The summed E-state index contributed by atoms with van der Waals surface area (Å²) >= 11 is 6.16. The smallest absolute Gasteiger partial charge is 0.216 e. The van der Waals surface area contributed by atoms with Crippen molar-refractivity contribution in [2.75, 3.05) is 18.6 Å². The maximum Gasteiger partial charge on any atom is 0.216 e. The summed E-state index contributed by atoms with van der Waals surface area (Å²) in [6.45, 7) is 3.60. The first-order valence-corrected chi connectivity index (χ1v) is 6.80. The monoisotopic (exact) mass is 290 g/mol. The summed E-state index contributed by atoms with van der Waals surface area (Å²) in [7, 11) is 1.63. The van der Waals surface area contributed by atoms with Crippen molar-refractivity contribution in [2.24, 2.45) is 0 Å². The Labute approximate surface area is 122 Å². The highest BCUT2D eigenvalue weighted by atomic mass is 35.5. The van der Waals surface area contributed by atoms with Crippen molar-refractivity contribution in [1.82, 2.24) is 15.0 Å². The highest BCUT2D eigenvalue weighted by molar-refractivity contribution is 6.30. The lowest BCUT2D eigenvalue weighted by Crippen LogP contribution is -2.31. The Morgan fingerprint density at radius 1 is 1.30 bits per heavy atom. The van der Waals surface area contributed by atoms with E-state index in [1.165, 1.54) is 6.33 Å². The van der Waals surface area contributed by atoms with Crippen molar-refractivity contribution in [3.63, 3.8) is 0 Å². The third kappa shape index (κ3) is 2.29. The van der Waals surface area contributed by atoms with Gasteiger partial charge in [-0.25, -0.2) is 15.0 Å². The summed E-state index contributed by atoms with van der Waals surface area (Å²) in [5.74, 6) is 0.660. The lowest BCUT2D eigenvalue weighted by Gasteiger charge is -2.30. The van der Waals surface area contributed by atoms with E-state index in [-0.39, 0.29) is 0 Å². The second-order valence-electron chi connectivity index (χ2n) is 4.78. The van der Waals surface area contributed by atoms with Gasteiger partial charge in [0.1, 0.15) is 11.5 Å². The molecule has 0 N–H and O–H groups in total. The third-order valence-corrected chi connectivity index (χ3v) is 3.85. The third-order valence-electron chi connectivity index (χ3n) is 3.52. The van der Waals surface area contributed by atoms with Gasteiger partial charge in [-0.05, 0) is 13.0 Å². The molecule has 3 heterocycles. The minimum Gasteiger partial charge on any atom is -0.481 e. The molecule has 0 saturated heterocycles. The van der Waals surface area contributed by atoms with E-state index in [4.69, 9.17) is 16.3 Å². The second-order valence-corrected chi connectivity index (χ2v) is 5.14. The van der Waals surface area contributed by atoms with Crippen LogP contribution in [0.5, 0.6) is 5.88 Å². The summed E-state index contributed by atoms with van der Waals surface area (Å²) < 4.78 is 5.19. The van der Waals surface area contributed by atoms with Gasteiger partial charge in [0.05, 0.1) is 24.7 Å². The van der Waals surface area contributed by atoms with Crippen molar-refractivity contribution < 1.29 is 4.74 Å². The topological polar surface area (TPSA) is 51.1 Å². The average molecular weight is 291 g/mol. The first-order chi connectivity index (χ1) is 9.69. The maximum absolute atomic E-state index is 6.16. The van der Waals surface area contributed by atoms with E-state index >= 15 is 0 Å². The number of nitrogens with zero attached hydrogens (tertiary/aromatic N) is 4. The number of aryl methyl sites for hydroxylation is 1. The summed E-state index contributed by atoms with van der Waals surface area (Å²) in [4.78, 5) is 14.9. The van der Waals surface area contributed by atoms with Crippen LogP contribution in [-0.4, -0.2) is 28.6 Å². The fourth-order valence-electron chi connectivity index (χ4n) is 2.46. The number of hydrogen-bond acceptors (Lipinski definition) is 5. The molecule has 2 aromatic heterocycles. The summed E-state index contributed by atoms with van der Waals surface area (Å²) in [6, 6.07) is 2.08. The summed E-state index contributed by atoms with van der Waals surface area (Å²) in [5, 5.41) is 0.540. The minimum absolute atomic E-state index is 0.540. The molecule has 1 aliphatic heterocycles. The highest BCUT2D eigenvalue weighted by Gasteiger charge is 2.21. The molecule has 0 saturated carbocycles. The van der Waals surface area contributed by atoms with Crippen molar-refractivity contribution in [3.05, 3.63) is 40.6 Å². The van der Waals surface area contributed by atoms with Gasteiger partial charge in [0.25, 0.3) is 0 Å². The predicted octanol–water partition coefficient (Wildman–Crippen LogP) is 2.40. The molecule has 5 nitrogen and oxygen atoms in total. The van der Waals surface area contributed by atoms with Crippen LogP contribution in [0.2, 0.25) is 5.15 Å². The van der Waals surface area contributed by atoms with E-state index in [1.807, 2.05) is 13.1 Å². The maximum atomic E-state index is 6.16. The number of aromatic nitrogens is 3. The van der Waals surface area contributed by atoms with Gasteiger partial charge in [-0.3, -0.25) is 0 Å². The largest absolute Gasteiger partial charge is 0.481 e. The first kappa shape index (κ1) is 13.1. The molecule has 0 fully saturated rings. The normalized spacial score (nSPS) is 14.1. The van der Waals surface area contributed by atoms with Crippen LogP contribution in [0.1, 0.15) is 16.8 Å². The van der Waals surface area contributed by atoms with E-state index in [9.17, 15) is 0 Å². The summed E-state index contributed by atoms with van der Waals surface area (Å²) in [5.41, 5.74) is 4.13. The Balaban J connectivity index is 1.90. The average Bonchev–Trinajstić information content (AvgIpc) is 2.47. The molecule has 3 rings (SSSR count). The zero-order chi connectivity index (χ0) is 14.1. The van der Waals surface area contributed by atoms with Gasteiger partial charge in [0, 0.05) is 30.6 Å². The number of rotatable bonds is 2. The lowest BCUT2D eigenvalue weighted by molar-refractivity contribution is 0.394. The Hall–Kier alpha value is -1.88. The SMILES string of the molecule is COc1ncc(N2CCc3ncnc(Cl)c3C2)cc1C. The number of methoxy groups -OCH3 is 1. The number of halogens is 1. The predicted molar refractivity (Wildman–Crippen MR) is 77.3 cm³/mol. The van der Waals surface area contributed by atoms with Gasteiger partial charge >= 0.3 is 0 Å². The fraction of sp³-hybridized carbons (Fsp3) is 0.357. The molecule has 2 aromatic rings. The van der Waals surface area contributed by atoms with Gasteiger partial charge in [-0.2, -0.15) is 0 Å². The second kappa shape index (κ2) is 5.25. The molecule has 0 bridgehead atoms.